The summed E-state index contributed by atoms with van der Waals surface area (Å²) in [6, 6.07) is 16.7. The molecular formula is C16H15NOS. The van der Waals surface area contributed by atoms with Crippen LogP contribution in [0.25, 0.3) is 10.9 Å². The molecule has 1 heterocycles. The third kappa shape index (κ3) is 2.34. The van der Waals surface area contributed by atoms with Crippen LogP contribution < -0.4 is 4.74 Å². The fourth-order valence-electron chi connectivity index (χ4n) is 2.19. The van der Waals surface area contributed by atoms with Crippen LogP contribution in [0.1, 0.15) is 5.56 Å². The summed E-state index contributed by atoms with van der Waals surface area (Å²) in [5, 5.41) is 1.27. The molecule has 19 heavy (non-hydrogen) atoms. The summed E-state index contributed by atoms with van der Waals surface area (Å²) in [5.41, 5.74) is 2.56. The first-order chi connectivity index (χ1) is 9.28. The van der Waals surface area contributed by atoms with Gasteiger partial charge in [-0.2, -0.15) is 0 Å². The Kier molecular flexibility index (Phi) is 3.22. The monoisotopic (exact) mass is 269 g/mol. The van der Waals surface area contributed by atoms with Crippen LogP contribution in [0.2, 0.25) is 0 Å². The molecule has 0 unspecified atom stereocenters. The Bertz CT molecular complexity index is 718. The maximum atomic E-state index is 5.26. The normalized spacial score (nSPS) is 10.8. The average molecular weight is 269 g/mol. The van der Waals surface area contributed by atoms with Crippen LogP contribution in [0.15, 0.2) is 59.6 Å². The average Bonchev–Trinajstić information content (AvgIpc) is 2.84. The van der Waals surface area contributed by atoms with E-state index in [9.17, 15) is 0 Å². The Hall–Kier alpha value is -1.87. The quantitative estimate of drug-likeness (QED) is 0.694. The summed E-state index contributed by atoms with van der Waals surface area (Å²) in [7, 11) is 1.69. The van der Waals surface area contributed by atoms with Crippen LogP contribution in [0.4, 0.5) is 0 Å². The summed E-state index contributed by atoms with van der Waals surface area (Å²) in [5.74, 6) is 0.887. The number of rotatable bonds is 3. The molecule has 2 aromatic carbocycles. The molecule has 0 aliphatic rings. The van der Waals surface area contributed by atoms with Gasteiger partial charge in [-0.25, -0.2) is 0 Å². The van der Waals surface area contributed by atoms with Crippen LogP contribution >= 0.6 is 11.9 Å². The molecule has 3 heteroatoms. The summed E-state index contributed by atoms with van der Waals surface area (Å²) < 4.78 is 7.47. The molecule has 1 aromatic heterocycles. The molecular weight excluding hydrogens is 254 g/mol. The summed E-state index contributed by atoms with van der Waals surface area (Å²) in [4.78, 5) is 1.17. The summed E-state index contributed by atoms with van der Waals surface area (Å²) >= 11 is 1.70. The SMILES string of the molecule is COc1cccc(Sn2ccc3cccc(C)c32)c1. The second kappa shape index (κ2) is 5.02. The van der Waals surface area contributed by atoms with Crippen molar-refractivity contribution in [3.63, 3.8) is 0 Å². The Balaban J connectivity index is 2.01. The van der Waals surface area contributed by atoms with Gasteiger partial charge < -0.3 is 4.74 Å². The van der Waals surface area contributed by atoms with Gasteiger partial charge in [0.15, 0.2) is 0 Å². The van der Waals surface area contributed by atoms with Crippen LogP contribution in [0.5, 0.6) is 5.75 Å². The number of hydrogen-bond donors (Lipinski definition) is 0. The maximum Gasteiger partial charge on any atom is 0.120 e. The molecule has 3 rings (SSSR count). The van der Waals surface area contributed by atoms with E-state index in [4.69, 9.17) is 4.74 Å². The van der Waals surface area contributed by atoms with Gasteiger partial charge in [0.05, 0.1) is 12.6 Å². The minimum Gasteiger partial charge on any atom is -0.497 e. The minimum atomic E-state index is 0.887. The largest absolute Gasteiger partial charge is 0.497 e. The third-order valence-corrected chi connectivity index (χ3v) is 4.09. The van der Waals surface area contributed by atoms with Crippen LogP contribution in [0.3, 0.4) is 0 Å². The maximum absolute atomic E-state index is 5.26. The molecule has 0 atom stereocenters. The lowest BCUT2D eigenvalue weighted by molar-refractivity contribution is 0.413. The zero-order chi connectivity index (χ0) is 13.2. The fourth-order valence-corrected chi connectivity index (χ4v) is 3.19. The number of nitrogens with zero attached hydrogens (tertiary/aromatic N) is 1. The van der Waals surface area contributed by atoms with E-state index in [1.165, 1.54) is 21.4 Å². The van der Waals surface area contributed by atoms with Gasteiger partial charge >= 0.3 is 0 Å². The first-order valence-corrected chi connectivity index (χ1v) is 6.94. The minimum absolute atomic E-state index is 0.887. The molecule has 0 fully saturated rings. The van der Waals surface area contributed by atoms with Crippen LogP contribution in [0, 0.1) is 6.92 Å². The van der Waals surface area contributed by atoms with E-state index in [1.807, 2.05) is 12.1 Å². The van der Waals surface area contributed by atoms with Crippen molar-refractivity contribution in [3.8, 4) is 5.75 Å². The highest BCUT2D eigenvalue weighted by Crippen LogP contribution is 2.30. The highest BCUT2D eigenvalue weighted by molar-refractivity contribution is 7.98. The number of hydrogen-bond acceptors (Lipinski definition) is 2. The van der Waals surface area contributed by atoms with Gasteiger partial charge in [0.2, 0.25) is 0 Å². The molecule has 0 spiro atoms. The van der Waals surface area contributed by atoms with Gasteiger partial charge in [-0.05, 0) is 48.7 Å². The van der Waals surface area contributed by atoms with Crippen molar-refractivity contribution in [1.29, 1.82) is 0 Å². The van der Waals surface area contributed by atoms with Crippen molar-refractivity contribution in [1.82, 2.24) is 3.97 Å². The van der Waals surface area contributed by atoms with Gasteiger partial charge in [0.1, 0.15) is 5.75 Å². The Morgan fingerprint density at radius 1 is 1.05 bits per heavy atom. The zero-order valence-corrected chi connectivity index (χ0v) is 11.8. The van der Waals surface area contributed by atoms with Crippen molar-refractivity contribution in [3.05, 3.63) is 60.3 Å². The van der Waals surface area contributed by atoms with Gasteiger partial charge in [-0.3, -0.25) is 3.97 Å². The molecule has 0 N–H and O–H groups in total. The molecule has 0 saturated heterocycles. The van der Waals surface area contributed by atoms with E-state index in [1.54, 1.807) is 19.1 Å². The van der Waals surface area contributed by atoms with E-state index in [0.29, 0.717) is 0 Å². The standard InChI is InChI=1S/C16H15NOS/c1-12-5-3-6-13-9-10-17(16(12)13)19-15-8-4-7-14(11-15)18-2/h3-11H,1-2H3. The molecule has 3 aromatic rings. The number of methoxy groups -OCH3 is 1. The number of aromatic nitrogens is 1. The van der Waals surface area contributed by atoms with E-state index < -0.39 is 0 Å². The van der Waals surface area contributed by atoms with Gasteiger partial charge in [0, 0.05) is 16.5 Å². The van der Waals surface area contributed by atoms with Crippen molar-refractivity contribution < 1.29 is 4.74 Å². The van der Waals surface area contributed by atoms with Crippen LogP contribution in [-0.4, -0.2) is 11.1 Å². The highest BCUT2D eigenvalue weighted by Gasteiger charge is 2.05. The smallest absolute Gasteiger partial charge is 0.120 e. The number of fused-ring (bicyclic) bond motifs is 1. The van der Waals surface area contributed by atoms with E-state index >= 15 is 0 Å². The van der Waals surface area contributed by atoms with Gasteiger partial charge in [-0.15, -0.1) is 0 Å². The fraction of sp³-hybridized carbons (Fsp3) is 0.125. The second-order valence-electron chi connectivity index (χ2n) is 4.42. The molecule has 0 radical (unpaired) electrons. The van der Waals surface area contributed by atoms with Gasteiger partial charge in [-0.1, -0.05) is 24.3 Å². The predicted octanol–water partition coefficient (Wildman–Crippen LogP) is 4.51. The Morgan fingerprint density at radius 2 is 1.89 bits per heavy atom. The lowest BCUT2D eigenvalue weighted by Crippen LogP contribution is -1.88. The topological polar surface area (TPSA) is 14.2 Å². The zero-order valence-electron chi connectivity index (χ0n) is 11.0. The summed E-state index contributed by atoms with van der Waals surface area (Å²) in [6.07, 6.45) is 2.11. The molecule has 0 amide bonds. The van der Waals surface area contributed by atoms with Crippen molar-refractivity contribution in [2.24, 2.45) is 0 Å². The van der Waals surface area contributed by atoms with Crippen molar-refractivity contribution in [2.45, 2.75) is 11.8 Å². The lowest BCUT2D eigenvalue weighted by atomic mass is 10.2. The van der Waals surface area contributed by atoms with Crippen molar-refractivity contribution >= 4 is 22.9 Å². The van der Waals surface area contributed by atoms with Crippen LogP contribution in [-0.2, 0) is 0 Å². The Morgan fingerprint density at radius 3 is 2.74 bits per heavy atom. The third-order valence-electron chi connectivity index (χ3n) is 3.12. The number of aryl methyl sites for hydroxylation is 1. The van der Waals surface area contributed by atoms with Gasteiger partial charge in [0.25, 0.3) is 0 Å². The first-order valence-electron chi connectivity index (χ1n) is 6.17. The predicted molar refractivity (Wildman–Crippen MR) is 80.9 cm³/mol. The van der Waals surface area contributed by atoms with E-state index in [0.717, 1.165) is 5.75 Å². The van der Waals surface area contributed by atoms with E-state index in [-0.39, 0.29) is 0 Å². The second-order valence-corrected chi connectivity index (χ2v) is 5.47. The highest BCUT2D eigenvalue weighted by atomic mass is 32.2. The number of benzene rings is 2. The molecule has 96 valence electrons. The first kappa shape index (κ1) is 12.2. The molecule has 0 aliphatic carbocycles. The lowest BCUT2D eigenvalue weighted by Gasteiger charge is -2.07. The Labute approximate surface area is 117 Å². The summed E-state index contributed by atoms with van der Waals surface area (Å²) in [6.45, 7) is 2.14. The molecule has 0 bridgehead atoms. The molecule has 0 aliphatic heterocycles. The molecule has 2 nitrogen and oxygen atoms in total. The molecule has 0 saturated carbocycles. The number of para-hydroxylation sites is 1. The van der Waals surface area contributed by atoms with E-state index in [2.05, 4.69) is 53.5 Å². The van der Waals surface area contributed by atoms with Crippen molar-refractivity contribution in [2.75, 3.05) is 7.11 Å². The number of ether oxygens (including phenoxy) is 1.